The van der Waals surface area contributed by atoms with Crippen LogP contribution in [0, 0.1) is 0 Å². The van der Waals surface area contributed by atoms with Crippen LogP contribution in [0.1, 0.15) is 23.2 Å². The van der Waals surface area contributed by atoms with Crippen molar-refractivity contribution >= 4 is 11.4 Å². The van der Waals surface area contributed by atoms with Crippen molar-refractivity contribution < 1.29 is 9.63 Å². The van der Waals surface area contributed by atoms with Gasteiger partial charge in [0.1, 0.15) is 0 Å². The number of hydroxylamine groups is 2. The molecule has 1 fully saturated rings. The van der Waals surface area contributed by atoms with Crippen LogP contribution in [0.3, 0.4) is 0 Å². The van der Waals surface area contributed by atoms with Crippen LogP contribution in [0.4, 0.5) is 0 Å². The van der Waals surface area contributed by atoms with Crippen molar-refractivity contribution in [3.63, 3.8) is 0 Å². The summed E-state index contributed by atoms with van der Waals surface area (Å²) in [6, 6.07) is 7.84. The number of amides is 1. The molecular weight excluding hydrogens is 216 g/mol. The Labute approximate surface area is 99.4 Å². The number of rotatable bonds is 3. The van der Waals surface area contributed by atoms with Gasteiger partial charge in [0.25, 0.3) is 5.91 Å². The van der Waals surface area contributed by atoms with E-state index in [2.05, 4.69) is 0 Å². The zero-order valence-electron chi connectivity index (χ0n) is 9.67. The van der Waals surface area contributed by atoms with Gasteiger partial charge >= 0.3 is 0 Å². The summed E-state index contributed by atoms with van der Waals surface area (Å²) in [5.41, 5.74) is 1.60. The Kier molecular flexibility index (Phi) is 2.37. The van der Waals surface area contributed by atoms with Crippen LogP contribution in [-0.2, 0) is 4.84 Å². The second-order valence-electron chi connectivity index (χ2n) is 4.27. The van der Waals surface area contributed by atoms with E-state index in [1.807, 2.05) is 41.1 Å². The quantitative estimate of drug-likeness (QED) is 0.757. The summed E-state index contributed by atoms with van der Waals surface area (Å²) in [6.45, 7) is 0. The standard InChI is InChI=1S/C13H14N2O2/c1-17-15(10-6-7-10)13(16)11-4-2-8-14-9-3-5-12(11)14/h2-5,8-10H,6-7H2,1H3. The van der Waals surface area contributed by atoms with Crippen LogP contribution in [0.2, 0.25) is 0 Å². The highest BCUT2D eigenvalue weighted by atomic mass is 16.7. The van der Waals surface area contributed by atoms with Gasteiger partial charge in [0, 0.05) is 12.4 Å². The van der Waals surface area contributed by atoms with E-state index in [-0.39, 0.29) is 11.9 Å². The molecule has 0 spiro atoms. The van der Waals surface area contributed by atoms with Crippen molar-refractivity contribution in [2.24, 2.45) is 0 Å². The van der Waals surface area contributed by atoms with Gasteiger partial charge in [-0.1, -0.05) is 0 Å². The van der Waals surface area contributed by atoms with Crippen molar-refractivity contribution in [3.8, 4) is 0 Å². The van der Waals surface area contributed by atoms with Crippen molar-refractivity contribution in [2.75, 3.05) is 7.11 Å². The minimum absolute atomic E-state index is 0.0562. The summed E-state index contributed by atoms with van der Waals surface area (Å²) in [5, 5.41) is 1.49. The molecule has 2 heterocycles. The number of fused-ring (bicyclic) bond motifs is 1. The molecule has 0 aromatic carbocycles. The van der Waals surface area contributed by atoms with E-state index in [4.69, 9.17) is 4.84 Å². The third-order valence-corrected chi connectivity index (χ3v) is 3.07. The molecule has 4 nitrogen and oxygen atoms in total. The highest BCUT2D eigenvalue weighted by Crippen LogP contribution is 2.28. The largest absolute Gasteiger partial charge is 0.323 e. The third-order valence-electron chi connectivity index (χ3n) is 3.07. The number of pyridine rings is 1. The van der Waals surface area contributed by atoms with Gasteiger partial charge in [-0.05, 0) is 37.1 Å². The summed E-state index contributed by atoms with van der Waals surface area (Å²) < 4.78 is 1.94. The van der Waals surface area contributed by atoms with Gasteiger partial charge in [0.15, 0.2) is 0 Å². The van der Waals surface area contributed by atoms with Crippen LogP contribution in [0.5, 0.6) is 0 Å². The average molecular weight is 230 g/mol. The van der Waals surface area contributed by atoms with Gasteiger partial charge in [-0.3, -0.25) is 9.63 Å². The maximum absolute atomic E-state index is 12.4. The zero-order valence-corrected chi connectivity index (χ0v) is 9.67. The minimum atomic E-state index is -0.0562. The lowest BCUT2D eigenvalue weighted by atomic mass is 10.2. The molecule has 1 aliphatic rings. The fraction of sp³-hybridized carbons (Fsp3) is 0.308. The van der Waals surface area contributed by atoms with Crippen LogP contribution in [0.25, 0.3) is 5.52 Å². The van der Waals surface area contributed by atoms with E-state index >= 15 is 0 Å². The number of hydrogen-bond acceptors (Lipinski definition) is 2. The molecule has 17 heavy (non-hydrogen) atoms. The molecule has 0 atom stereocenters. The van der Waals surface area contributed by atoms with Crippen molar-refractivity contribution in [2.45, 2.75) is 18.9 Å². The van der Waals surface area contributed by atoms with Crippen molar-refractivity contribution in [1.82, 2.24) is 9.46 Å². The molecule has 2 aromatic heterocycles. The van der Waals surface area contributed by atoms with E-state index in [9.17, 15) is 4.79 Å². The molecule has 0 aliphatic heterocycles. The first kappa shape index (κ1) is 10.4. The van der Waals surface area contributed by atoms with E-state index in [0.717, 1.165) is 18.4 Å². The normalized spacial score (nSPS) is 15.1. The Balaban J connectivity index is 2.02. The second kappa shape index (κ2) is 3.89. The monoisotopic (exact) mass is 230 g/mol. The number of aromatic nitrogens is 1. The Morgan fingerprint density at radius 2 is 2.06 bits per heavy atom. The minimum Gasteiger partial charge on any atom is -0.323 e. The smallest absolute Gasteiger partial charge is 0.279 e. The fourth-order valence-electron chi connectivity index (χ4n) is 2.08. The molecule has 0 saturated heterocycles. The number of nitrogens with zero attached hydrogens (tertiary/aromatic N) is 2. The van der Waals surface area contributed by atoms with E-state index in [1.165, 1.54) is 5.06 Å². The molecule has 1 amide bonds. The first-order chi connectivity index (χ1) is 8.31. The van der Waals surface area contributed by atoms with Gasteiger partial charge in [-0.2, -0.15) is 0 Å². The molecule has 88 valence electrons. The lowest BCUT2D eigenvalue weighted by molar-refractivity contribution is -0.101. The van der Waals surface area contributed by atoms with Gasteiger partial charge in [-0.15, -0.1) is 0 Å². The zero-order chi connectivity index (χ0) is 11.8. The van der Waals surface area contributed by atoms with E-state index in [0.29, 0.717) is 5.56 Å². The molecule has 2 aromatic rings. The summed E-state index contributed by atoms with van der Waals surface area (Å²) in [5.74, 6) is -0.0562. The third kappa shape index (κ3) is 1.70. The molecule has 0 bridgehead atoms. The molecule has 0 unspecified atom stereocenters. The predicted octanol–water partition coefficient (Wildman–Crippen LogP) is 2.11. The Hall–Kier alpha value is -1.81. The summed E-state index contributed by atoms with van der Waals surface area (Å²) in [6.07, 6.45) is 5.92. The molecule has 1 aliphatic carbocycles. The van der Waals surface area contributed by atoms with E-state index < -0.39 is 0 Å². The van der Waals surface area contributed by atoms with Crippen LogP contribution < -0.4 is 0 Å². The maximum Gasteiger partial charge on any atom is 0.279 e. The maximum atomic E-state index is 12.4. The van der Waals surface area contributed by atoms with Crippen molar-refractivity contribution in [1.29, 1.82) is 0 Å². The number of hydrogen-bond donors (Lipinski definition) is 0. The second-order valence-corrected chi connectivity index (χ2v) is 4.27. The van der Waals surface area contributed by atoms with Gasteiger partial charge in [-0.25, -0.2) is 5.06 Å². The molecule has 0 radical (unpaired) electrons. The topological polar surface area (TPSA) is 34.0 Å². The van der Waals surface area contributed by atoms with Gasteiger partial charge in [0.05, 0.1) is 24.2 Å². The Morgan fingerprint density at radius 1 is 1.35 bits per heavy atom. The summed E-state index contributed by atoms with van der Waals surface area (Å²) in [4.78, 5) is 17.5. The SMILES string of the molecule is CON(C(=O)c1cccn2cccc12)C1CC1. The Bertz CT molecular complexity index is 557. The number of carbonyl (C=O) groups is 1. The lowest BCUT2D eigenvalue weighted by Gasteiger charge is -2.19. The van der Waals surface area contributed by atoms with E-state index in [1.54, 1.807) is 7.11 Å². The highest BCUT2D eigenvalue weighted by molar-refractivity contribution is 6.00. The van der Waals surface area contributed by atoms with Crippen molar-refractivity contribution in [3.05, 3.63) is 42.2 Å². The van der Waals surface area contributed by atoms with Crippen LogP contribution in [-0.4, -0.2) is 28.5 Å². The fourth-order valence-corrected chi connectivity index (χ4v) is 2.08. The first-order valence-corrected chi connectivity index (χ1v) is 5.74. The number of carbonyl (C=O) groups excluding carboxylic acids is 1. The molecule has 1 saturated carbocycles. The first-order valence-electron chi connectivity index (χ1n) is 5.74. The predicted molar refractivity (Wildman–Crippen MR) is 63.6 cm³/mol. The Morgan fingerprint density at radius 3 is 2.71 bits per heavy atom. The molecule has 3 rings (SSSR count). The molecule has 0 N–H and O–H groups in total. The van der Waals surface area contributed by atoms with Gasteiger partial charge < -0.3 is 4.40 Å². The highest BCUT2D eigenvalue weighted by Gasteiger charge is 2.34. The summed E-state index contributed by atoms with van der Waals surface area (Å²) in [7, 11) is 1.55. The molecule has 4 heteroatoms. The van der Waals surface area contributed by atoms with Crippen LogP contribution in [0.15, 0.2) is 36.7 Å². The van der Waals surface area contributed by atoms with Gasteiger partial charge in [0.2, 0.25) is 0 Å². The molecular formula is C13H14N2O2. The lowest BCUT2D eigenvalue weighted by Crippen LogP contribution is -2.32. The average Bonchev–Trinajstić information content (AvgIpc) is 3.06. The van der Waals surface area contributed by atoms with Crippen LogP contribution >= 0.6 is 0 Å². The summed E-state index contributed by atoms with van der Waals surface area (Å²) >= 11 is 0.